The molecule has 2 nitrogen and oxygen atoms in total. The van der Waals surface area contributed by atoms with Gasteiger partial charge < -0.3 is 11.1 Å². The Balaban J connectivity index is 4.52. The molecule has 122 valence electrons. The molecule has 0 aromatic carbocycles. The smallest absolute Gasteiger partial charge is 0.0331 e. The highest BCUT2D eigenvalue weighted by atomic mass is 14.9. The molecule has 3 N–H and O–H groups in total. The number of nitrogens with one attached hydrogen (secondary N) is 1. The van der Waals surface area contributed by atoms with Crippen LogP contribution in [0.5, 0.6) is 0 Å². The first kappa shape index (κ1) is 20.0. The molecule has 1 atom stereocenters. The van der Waals surface area contributed by atoms with Crippen molar-refractivity contribution in [1.29, 1.82) is 0 Å². The highest BCUT2D eigenvalue weighted by molar-refractivity contribution is 5.32. The lowest BCUT2D eigenvalue weighted by atomic mass is 10.0. The Morgan fingerprint density at radius 2 is 1.90 bits per heavy atom. The average Bonchev–Trinajstić information content (AvgIpc) is 2.50. The van der Waals surface area contributed by atoms with Crippen molar-refractivity contribution >= 4 is 0 Å². The first-order valence-electron chi connectivity index (χ1n) is 8.68. The molecule has 0 amide bonds. The fourth-order valence-corrected chi connectivity index (χ4v) is 2.57. The summed E-state index contributed by atoms with van der Waals surface area (Å²) in [7, 11) is 0. The summed E-state index contributed by atoms with van der Waals surface area (Å²) in [6.07, 6.45) is 15.9. The van der Waals surface area contributed by atoms with Crippen molar-refractivity contribution in [1.82, 2.24) is 5.32 Å². The highest BCUT2D eigenvalue weighted by Gasteiger charge is 2.09. The van der Waals surface area contributed by atoms with E-state index in [-0.39, 0.29) is 0 Å². The van der Waals surface area contributed by atoms with Crippen LogP contribution in [-0.2, 0) is 0 Å². The Labute approximate surface area is 132 Å². The van der Waals surface area contributed by atoms with Crippen LogP contribution in [0.15, 0.2) is 36.1 Å². The lowest BCUT2D eigenvalue weighted by Crippen LogP contribution is -2.28. The molecule has 1 unspecified atom stereocenters. The minimum absolute atomic E-state index is 0.576. The maximum Gasteiger partial charge on any atom is 0.0331 e. The summed E-state index contributed by atoms with van der Waals surface area (Å²) in [5, 5.41) is 3.72. The first-order valence-corrected chi connectivity index (χ1v) is 8.68. The first-order chi connectivity index (χ1) is 10.2. The second-order valence-corrected chi connectivity index (χ2v) is 5.62. The van der Waals surface area contributed by atoms with E-state index < -0.39 is 0 Å². The molecule has 0 saturated heterocycles. The van der Waals surface area contributed by atoms with Gasteiger partial charge in [-0.05, 0) is 51.1 Å². The van der Waals surface area contributed by atoms with Gasteiger partial charge in [-0.1, -0.05) is 57.9 Å². The Morgan fingerprint density at radius 1 is 1.19 bits per heavy atom. The van der Waals surface area contributed by atoms with Gasteiger partial charge in [0.25, 0.3) is 0 Å². The molecule has 0 rings (SSSR count). The molecular weight excluding hydrogens is 256 g/mol. The van der Waals surface area contributed by atoms with Gasteiger partial charge in [0, 0.05) is 11.7 Å². The van der Waals surface area contributed by atoms with Gasteiger partial charge in [-0.15, -0.1) is 0 Å². The number of rotatable bonds is 13. The van der Waals surface area contributed by atoms with Crippen LogP contribution in [0.25, 0.3) is 0 Å². The molecule has 0 saturated carbocycles. The van der Waals surface area contributed by atoms with Crippen molar-refractivity contribution in [3.8, 4) is 0 Å². The Bertz CT molecular complexity index is 316. The van der Waals surface area contributed by atoms with Crippen molar-refractivity contribution in [3.63, 3.8) is 0 Å². The average molecular weight is 293 g/mol. The van der Waals surface area contributed by atoms with E-state index in [0.717, 1.165) is 19.4 Å². The van der Waals surface area contributed by atoms with Crippen LogP contribution < -0.4 is 11.1 Å². The number of unbranched alkanes of at least 4 members (excludes halogenated alkanes) is 3. The van der Waals surface area contributed by atoms with Crippen LogP contribution in [0.4, 0.5) is 0 Å². The standard InChI is InChI=1S/C19H36N2/c1-5-13-17(15-11-9-10-12-16-20)19(8-4)21-18(7-3)14-6-2/h5,8,13,18,21H,1,6-7,9-12,14-16,20H2,2-4H3/b17-13-,19-8+. The van der Waals surface area contributed by atoms with Gasteiger partial charge in [-0.25, -0.2) is 0 Å². The molecule has 0 aromatic heterocycles. The Morgan fingerprint density at radius 3 is 2.43 bits per heavy atom. The fourth-order valence-electron chi connectivity index (χ4n) is 2.57. The van der Waals surface area contributed by atoms with Gasteiger partial charge in [-0.3, -0.25) is 0 Å². The summed E-state index contributed by atoms with van der Waals surface area (Å²) in [6.45, 7) is 11.3. The molecule has 21 heavy (non-hydrogen) atoms. The summed E-state index contributed by atoms with van der Waals surface area (Å²) in [6, 6.07) is 0.576. The molecule has 0 spiro atoms. The molecular formula is C19H36N2. The molecule has 2 heteroatoms. The normalized spacial score (nSPS) is 14.1. The second kappa shape index (κ2) is 13.9. The summed E-state index contributed by atoms with van der Waals surface area (Å²) < 4.78 is 0. The highest BCUT2D eigenvalue weighted by Crippen LogP contribution is 2.18. The maximum atomic E-state index is 5.54. The number of hydrogen-bond donors (Lipinski definition) is 2. The van der Waals surface area contributed by atoms with Crippen LogP contribution in [-0.4, -0.2) is 12.6 Å². The van der Waals surface area contributed by atoms with Crippen LogP contribution >= 0.6 is 0 Å². The van der Waals surface area contributed by atoms with Gasteiger partial charge >= 0.3 is 0 Å². The van der Waals surface area contributed by atoms with Crippen LogP contribution in [0.2, 0.25) is 0 Å². The van der Waals surface area contributed by atoms with E-state index in [1.54, 1.807) is 0 Å². The largest absolute Gasteiger partial charge is 0.382 e. The van der Waals surface area contributed by atoms with Gasteiger partial charge in [-0.2, -0.15) is 0 Å². The number of hydrogen-bond acceptors (Lipinski definition) is 2. The van der Waals surface area contributed by atoms with Crippen molar-refractivity contribution in [2.75, 3.05) is 6.54 Å². The minimum atomic E-state index is 0.576. The number of nitrogens with two attached hydrogens (primary N) is 1. The third-order valence-corrected chi connectivity index (χ3v) is 3.84. The number of allylic oxidation sites excluding steroid dienone is 4. The second-order valence-electron chi connectivity index (χ2n) is 5.62. The van der Waals surface area contributed by atoms with Gasteiger partial charge in [0.05, 0.1) is 0 Å². The summed E-state index contributed by atoms with van der Waals surface area (Å²) >= 11 is 0. The van der Waals surface area contributed by atoms with E-state index in [0.29, 0.717) is 6.04 Å². The Kier molecular flexibility index (Phi) is 13.3. The molecule has 0 aromatic rings. The SMILES string of the molecule is C=C/C=C(CCCCCCN)\C(=C/C)NC(CC)CCC. The third kappa shape index (κ3) is 9.52. The van der Waals surface area contributed by atoms with Crippen LogP contribution in [0.3, 0.4) is 0 Å². The molecule has 0 aliphatic heterocycles. The van der Waals surface area contributed by atoms with Gasteiger partial charge in [0.15, 0.2) is 0 Å². The molecule has 0 aliphatic carbocycles. The zero-order valence-electron chi connectivity index (χ0n) is 14.5. The quantitative estimate of drug-likeness (QED) is 0.367. The molecule has 0 fully saturated rings. The van der Waals surface area contributed by atoms with Crippen molar-refractivity contribution in [2.24, 2.45) is 5.73 Å². The maximum absolute atomic E-state index is 5.54. The van der Waals surface area contributed by atoms with Crippen LogP contribution in [0, 0.1) is 0 Å². The third-order valence-electron chi connectivity index (χ3n) is 3.84. The van der Waals surface area contributed by atoms with Crippen LogP contribution in [0.1, 0.15) is 72.1 Å². The zero-order chi connectivity index (χ0) is 15.9. The monoisotopic (exact) mass is 292 g/mol. The van der Waals surface area contributed by atoms with E-state index in [1.807, 2.05) is 6.08 Å². The van der Waals surface area contributed by atoms with Crippen molar-refractivity contribution in [3.05, 3.63) is 36.1 Å². The van der Waals surface area contributed by atoms with E-state index in [4.69, 9.17) is 5.73 Å². The van der Waals surface area contributed by atoms with E-state index in [2.05, 4.69) is 44.8 Å². The van der Waals surface area contributed by atoms with Crippen molar-refractivity contribution in [2.45, 2.75) is 78.2 Å². The molecule has 0 bridgehead atoms. The predicted octanol–water partition coefficient (Wildman–Crippen LogP) is 5.08. The minimum Gasteiger partial charge on any atom is -0.382 e. The molecule has 0 heterocycles. The summed E-state index contributed by atoms with van der Waals surface area (Å²) in [5.41, 5.74) is 8.21. The predicted molar refractivity (Wildman–Crippen MR) is 96.3 cm³/mol. The Hall–Kier alpha value is -1.02. The van der Waals surface area contributed by atoms with Crippen molar-refractivity contribution < 1.29 is 0 Å². The van der Waals surface area contributed by atoms with Gasteiger partial charge in [0.2, 0.25) is 0 Å². The van der Waals surface area contributed by atoms with Gasteiger partial charge in [0.1, 0.15) is 0 Å². The van der Waals surface area contributed by atoms with E-state index in [1.165, 1.54) is 49.8 Å². The summed E-state index contributed by atoms with van der Waals surface area (Å²) in [4.78, 5) is 0. The molecule has 0 radical (unpaired) electrons. The fraction of sp³-hybridized carbons (Fsp3) is 0.684. The van der Waals surface area contributed by atoms with E-state index >= 15 is 0 Å². The lowest BCUT2D eigenvalue weighted by Gasteiger charge is -2.22. The topological polar surface area (TPSA) is 38.0 Å². The lowest BCUT2D eigenvalue weighted by molar-refractivity contribution is 0.505. The summed E-state index contributed by atoms with van der Waals surface area (Å²) in [5.74, 6) is 0. The zero-order valence-corrected chi connectivity index (χ0v) is 14.5. The van der Waals surface area contributed by atoms with E-state index in [9.17, 15) is 0 Å². The molecule has 0 aliphatic rings.